The van der Waals surface area contributed by atoms with E-state index in [9.17, 15) is 28.0 Å². The Balaban J connectivity index is 1.48. The monoisotopic (exact) mass is 629 g/mol. The third-order valence-electron chi connectivity index (χ3n) is 7.87. The first kappa shape index (κ1) is 34.1. The molecule has 45 heavy (non-hydrogen) atoms. The Hall–Kier alpha value is -3.74. The quantitative estimate of drug-likeness (QED) is 0.272. The van der Waals surface area contributed by atoms with Gasteiger partial charge in [0, 0.05) is 32.4 Å². The van der Waals surface area contributed by atoms with Gasteiger partial charge in [0.15, 0.2) is 11.6 Å². The summed E-state index contributed by atoms with van der Waals surface area (Å²) in [5.74, 6) is -2.43. The summed E-state index contributed by atoms with van der Waals surface area (Å²) in [6.45, 7) is 6.55. The number of nitrogens with one attached hydrogen (secondary N) is 2. The van der Waals surface area contributed by atoms with E-state index in [0.717, 1.165) is 5.56 Å². The topological polar surface area (TPSA) is 127 Å². The summed E-state index contributed by atoms with van der Waals surface area (Å²) >= 11 is 0. The SMILES string of the molecule is CC(NC(=O)CN1CCOCC1)C(=O)CC(Cc1ccc(OC(C)(F)F)cc1)C(=O)NC(Cc1ccccc1)C(=O)C1(C)CO1. The number of halogens is 2. The fourth-order valence-corrected chi connectivity index (χ4v) is 5.16. The Morgan fingerprint density at radius 3 is 2.20 bits per heavy atom. The summed E-state index contributed by atoms with van der Waals surface area (Å²) in [5, 5.41) is 5.59. The van der Waals surface area contributed by atoms with Gasteiger partial charge in [-0.05, 0) is 49.9 Å². The Kier molecular flexibility index (Phi) is 11.4. The molecule has 2 amide bonds. The maximum atomic E-state index is 13.8. The molecule has 2 aliphatic heterocycles. The van der Waals surface area contributed by atoms with E-state index in [0.29, 0.717) is 38.8 Å². The summed E-state index contributed by atoms with van der Waals surface area (Å²) in [4.78, 5) is 55.1. The highest BCUT2D eigenvalue weighted by Crippen LogP contribution is 2.29. The van der Waals surface area contributed by atoms with Gasteiger partial charge in [0.05, 0.1) is 38.4 Å². The van der Waals surface area contributed by atoms with E-state index >= 15 is 0 Å². The second-order valence-corrected chi connectivity index (χ2v) is 11.9. The lowest BCUT2D eigenvalue weighted by Gasteiger charge is -2.27. The van der Waals surface area contributed by atoms with Crippen LogP contribution in [0.4, 0.5) is 8.78 Å². The number of hydrogen-bond donors (Lipinski definition) is 2. The lowest BCUT2D eigenvalue weighted by atomic mass is 9.89. The number of carbonyl (C=O) groups is 4. The van der Waals surface area contributed by atoms with E-state index in [1.807, 2.05) is 35.2 Å². The minimum absolute atomic E-state index is 0.0499. The zero-order valence-electron chi connectivity index (χ0n) is 25.9. The van der Waals surface area contributed by atoms with Gasteiger partial charge in [0.2, 0.25) is 11.8 Å². The summed E-state index contributed by atoms with van der Waals surface area (Å²) in [5.41, 5.74) is 0.448. The van der Waals surface area contributed by atoms with Crippen LogP contribution in [0.2, 0.25) is 0 Å². The summed E-state index contributed by atoms with van der Waals surface area (Å²) in [6.07, 6.45) is -3.28. The molecule has 10 nitrogen and oxygen atoms in total. The van der Waals surface area contributed by atoms with Crippen molar-refractivity contribution in [1.82, 2.24) is 15.5 Å². The number of amides is 2. The van der Waals surface area contributed by atoms with Crippen molar-refractivity contribution >= 4 is 23.4 Å². The molecule has 0 radical (unpaired) electrons. The van der Waals surface area contributed by atoms with Crippen LogP contribution in [0.25, 0.3) is 0 Å². The summed E-state index contributed by atoms with van der Waals surface area (Å²) in [6, 6.07) is 13.3. The number of benzene rings is 2. The molecule has 0 aromatic heterocycles. The van der Waals surface area contributed by atoms with Crippen LogP contribution in [0.15, 0.2) is 54.6 Å². The van der Waals surface area contributed by atoms with Crippen LogP contribution in [0.3, 0.4) is 0 Å². The highest BCUT2D eigenvalue weighted by Gasteiger charge is 2.50. The molecule has 2 aliphatic rings. The van der Waals surface area contributed by atoms with Crippen molar-refractivity contribution in [3.63, 3.8) is 0 Å². The number of epoxide rings is 1. The minimum Gasteiger partial charge on any atom is -0.433 e. The molecule has 4 atom stereocenters. The molecule has 2 aromatic carbocycles. The summed E-state index contributed by atoms with van der Waals surface area (Å²) in [7, 11) is 0. The lowest BCUT2D eigenvalue weighted by Crippen LogP contribution is -2.50. The maximum absolute atomic E-state index is 13.8. The second-order valence-electron chi connectivity index (χ2n) is 11.9. The molecule has 2 N–H and O–H groups in total. The average Bonchev–Trinajstić information content (AvgIpc) is 3.75. The van der Waals surface area contributed by atoms with Gasteiger partial charge in [0.1, 0.15) is 11.4 Å². The first-order valence-electron chi connectivity index (χ1n) is 15.1. The van der Waals surface area contributed by atoms with Crippen LogP contribution in [-0.2, 0) is 41.5 Å². The van der Waals surface area contributed by atoms with E-state index in [2.05, 4.69) is 15.4 Å². The smallest absolute Gasteiger partial charge is 0.394 e. The van der Waals surface area contributed by atoms with Gasteiger partial charge >= 0.3 is 6.11 Å². The highest BCUT2D eigenvalue weighted by molar-refractivity contribution is 5.98. The molecule has 0 aliphatic carbocycles. The first-order chi connectivity index (χ1) is 21.3. The number of Topliss-reactive ketones (excluding diaryl/α,β-unsaturated/α-hetero) is 2. The molecule has 244 valence electrons. The van der Waals surface area contributed by atoms with Gasteiger partial charge in [-0.15, -0.1) is 0 Å². The molecule has 2 fully saturated rings. The van der Waals surface area contributed by atoms with E-state index in [1.165, 1.54) is 12.1 Å². The van der Waals surface area contributed by atoms with Crippen LogP contribution in [-0.4, -0.2) is 91.5 Å². The first-order valence-corrected chi connectivity index (χ1v) is 15.1. The second kappa shape index (κ2) is 15.0. The molecular formula is C33H41F2N3O7. The summed E-state index contributed by atoms with van der Waals surface area (Å²) < 4.78 is 41.9. The molecule has 2 saturated heterocycles. The molecule has 0 saturated carbocycles. The number of ether oxygens (including phenoxy) is 3. The molecular weight excluding hydrogens is 588 g/mol. The number of ketones is 2. The van der Waals surface area contributed by atoms with Gasteiger partial charge in [-0.25, -0.2) is 0 Å². The fraction of sp³-hybridized carbons (Fsp3) is 0.515. The van der Waals surface area contributed by atoms with Crippen LogP contribution in [0.1, 0.15) is 38.3 Å². The molecule has 2 heterocycles. The molecule has 12 heteroatoms. The van der Waals surface area contributed by atoms with Gasteiger partial charge in [-0.2, -0.15) is 8.78 Å². The van der Waals surface area contributed by atoms with Gasteiger partial charge in [-0.1, -0.05) is 42.5 Å². The normalized spacial score (nSPS) is 20.4. The molecule has 0 spiro atoms. The van der Waals surface area contributed by atoms with Crippen LogP contribution in [0, 0.1) is 5.92 Å². The van der Waals surface area contributed by atoms with Gasteiger partial charge in [0.25, 0.3) is 0 Å². The van der Waals surface area contributed by atoms with Crippen molar-refractivity contribution < 1.29 is 42.2 Å². The van der Waals surface area contributed by atoms with Crippen molar-refractivity contribution in [1.29, 1.82) is 0 Å². The zero-order valence-corrected chi connectivity index (χ0v) is 25.9. The van der Waals surface area contributed by atoms with E-state index in [1.54, 1.807) is 26.0 Å². The van der Waals surface area contributed by atoms with E-state index in [-0.39, 0.29) is 55.6 Å². The van der Waals surface area contributed by atoms with Crippen molar-refractivity contribution in [2.24, 2.45) is 5.92 Å². The fourth-order valence-electron chi connectivity index (χ4n) is 5.16. The number of alkyl halides is 2. The Morgan fingerprint density at radius 2 is 1.60 bits per heavy atom. The van der Waals surface area contributed by atoms with Gasteiger partial charge < -0.3 is 24.8 Å². The number of hydrogen-bond acceptors (Lipinski definition) is 8. The molecule has 4 rings (SSSR count). The largest absolute Gasteiger partial charge is 0.433 e. The Bertz CT molecular complexity index is 1320. The maximum Gasteiger partial charge on any atom is 0.394 e. The predicted octanol–water partition coefficient (Wildman–Crippen LogP) is 2.72. The number of nitrogens with zero attached hydrogens (tertiary/aromatic N) is 1. The number of rotatable bonds is 16. The van der Waals surface area contributed by atoms with E-state index < -0.39 is 35.6 Å². The lowest BCUT2D eigenvalue weighted by molar-refractivity contribution is -0.159. The Morgan fingerprint density at radius 1 is 0.978 bits per heavy atom. The van der Waals surface area contributed by atoms with Gasteiger partial charge in [-0.3, -0.25) is 24.1 Å². The van der Waals surface area contributed by atoms with Crippen LogP contribution in [0.5, 0.6) is 5.75 Å². The van der Waals surface area contributed by atoms with Crippen molar-refractivity contribution in [3.8, 4) is 5.75 Å². The molecule has 4 unspecified atom stereocenters. The van der Waals surface area contributed by atoms with Crippen molar-refractivity contribution in [3.05, 3.63) is 65.7 Å². The average molecular weight is 630 g/mol. The van der Waals surface area contributed by atoms with Crippen molar-refractivity contribution in [2.75, 3.05) is 39.5 Å². The predicted molar refractivity (Wildman–Crippen MR) is 161 cm³/mol. The van der Waals surface area contributed by atoms with E-state index in [4.69, 9.17) is 9.47 Å². The number of morpholine rings is 1. The molecule has 0 bridgehead atoms. The molecule has 2 aromatic rings. The third kappa shape index (κ3) is 10.7. The highest BCUT2D eigenvalue weighted by atomic mass is 19.3. The standard InChI is InChI=1S/C33H41F2N3O7/c1-22(36-29(40)20-38-13-15-43-16-14-38)28(39)19-25(17-24-9-11-26(12-10-24)45-33(3,34)35)31(42)37-27(30(41)32(2)21-44-32)18-23-7-5-4-6-8-23/h4-12,22,25,27H,13-21H2,1-3H3,(H,36,40)(H,37,42). The number of carbonyl (C=O) groups excluding carboxylic acids is 4. The third-order valence-corrected chi connectivity index (χ3v) is 7.87. The minimum atomic E-state index is -3.36. The van der Waals surface area contributed by atoms with Crippen molar-refractivity contribution in [2.45, 2.75) is 63.8 Å². The zero-order chi connectivity index (χ0) is 32.6. The van der Waals surface area contributed by atoms with Crippen LogP contribution >= 0.6 is 0 Å². The van der Waals surface area contributed by atoms with Crippen LogP contribution < -0.4 is 15.4 Å². The Labute approximate surface area is 261 Å².